The first kappa shape index (κ1) is 17.0. The molecule has 0 aromatic heterocycles. The van der Waals surface area contributed by atoms with Crippen LogP contribution < -0.4 is 0 Å². The fourth-order valence-corrected chi connectivity index (χ4v) is 4.48. The van der Waals surface area contributed by atoms with Crippen molar-refractivity contribution in [1.29, 1.82) is 5.26 Å². The van der Waals surface area contributed by atoms with Gasteiger partial charge in [-0.05, 0) is 17.7 Å². The maximum atomic E-state index is 13.1. The van der Waals surface area contributed by atoms with Gasteiger partial charge in [-0.3, -0.25) is 0 Å². The quantitative estimate of drug-likeness (QED) is 0.705. The van der Waals surface area contributed by atoms with E-state index in [0.29, 0.717) is 22.4 Å². The average Bonchev–Trinajstić information content (AvgIpc) is 2.71. The van der Waals surface area contributed by atoms with E-state index in [1.165, 1.54) is 0 Å². The minimum absolute atomic E-state index is 0.00324. The minimum atomic E-state index is -3.81. The van der Waals surface area contributed by atoms with Crippen molar-refractivity contribution < 1.29 is 8.42 Å². The van der Waals surface area contributed by atoms with Crippen LogP contribution in [0.25, 0.3) is 0 Å². The summed E-state index contributed by atoms with van der Waals surface area (Å²) < 4.78 is 27.3. The number of sulfonamides is 1. The first-order valence-electron chi connectivity index (χ1n) is 8.35. The summed E-state index contributed by atoms with van der Waals surface area (Å²) in [6, 6.07) is 25.4. The smallest absolute Gasteiger partial charge is 0.200 e. The van der Waals surface area contributed by atoms with Gasteiger partial charge in [0.25, 0.3) is 10.0 Å². The molecule has 0 unspecified atom stereocenters. The molecule has 0 radical (unpaired) electrons. The van der Waals surface area contributed by atoms with Crippen LogP contribution in [0.3, 0.4) is 0 Å². The predicted octanol–water partition coefficient (Wildman–Crippen LogP) is 3.52. The largest absolute Gasteiger partial charge is 0.280 e. The van der Waals surface area contributed by atoms with Crippen molar-refractivity contribution in [3.05, 3.63) is 101 Å². The lowest BCUT2D eigenvalue weighted by Gasteiger charge is -2.27. The van der Waals surface area contributed by atoms with E-state index in [1.54, 1.807) is 48.5 Å². The summed E-state index contributed by atoms with van der Waals surface area (Å²) >= 11 is 0. The number of nitrogens with zero attached hydrogens (tertiary/aromatic N) is 3. The SMILES string of the molecule is N#Cc1ccccc1CN1N=C(c2ccccc2)c2ccccc2S1(=O)=O. The number of hydrazone groups is 1. The van der Waals surface area contributed by atoms with Crippen LogP contribution in [0.15, 0.2) is 88.9 Å². The molecule has 0 fully saturated rings. The standard InChI is InChI=1S/C21H15N3O2S/c22-14-17-10-4-5-11-18(17)15-24-23-21(16-8-2-1-3-9-16)19-12-6-7-13-20(19)27(24,25)26/h1-13H,15H2. The molecule has 1 aliphatic heterocycles. The number of hydrogen-bond acceptors (Lipinski definition) is 4. The summed E-state index contributed by atoms with van der Waals surface area (Å²) in [4.78, 5) is 0.216. The summed E-state index contributed by atoms with van der Waals surface area (Å²) in [5.74, 6) is 0. The Labute approximate surface area is 157 Å². The molecule has 0 saturated carbocycles. The van der Waals surface area contributed by atoms with E-state index in [-0.39, 0.29) is 11.4 Å². The lowest BCUT2D eigenvalue weighted by Crippen LogP contribution is -2.33. The van der Waals surface area contributed by atoms with Crippen LogP contribution >= 0.6 is 0 Å². The van der Waals surface area contributed by atoms with Gasteiger partial charge in [0, 0.05) is 11.1 Å². The van der Waals surface area contributed by atoms with E-state index in [2.05, 4.69) is 11.2 Å². The van der Waals surface area contributed by atoms with Crippen molar-refractivity contribution in [2.24, 2.45) is 5.10 Å². The van der Waals surface area contributed by atoms with Crippen molar-refractivity contribution in [3.8, 4) is 6.07 Å². The van der Waals surface area contributed by atoms with Gasteiger partial charge in [-0.25, -0.2) is 0 Å². The summed E-state index contributed by atoms with van der Waals surface area (Å²) in [7, 11) is -3.81. The Morgan fingerprint density at radius 2 is 1.56 bits per heavy atom. The molecular weight excluding hydrogens is 358 g/mol. The van der Waals surface area contributed by atoms with Crippen LogP contribution in [-0.2, 0) is 16.6 Å². The zero-order chi connectivity index (χ0) is 18.9. The fourth-order valence-electron chi connectivity index (χ4n) is 3.06. The highest BCUT2D eigenvalue weighted by molar-refractivity contribution is 7.89. The molecule has 0 atom stereocenters. The van der Waals surface area contributed by atoms with Crippen molar-refractivity contribution >= 4 is 15.7 Å². The summed E-state index contributed by atoms with van der Waals surface area (Å²) in [5.41, 5.74) is 3.05. The number of hydrogen-bond donors (Lipinski definition) is 0. The van der Waals surface area contributed by atoms with Gasteiger partial charge in [0.1, 0.15) is 5.71 Å². The van der Waals surface area contributed by atoms with Crippen LogP contribution in [0.5, 0.6) is 0 Å². The van der Waals surface area contributed by atoms with Gasteiger partial charge < -0.3 is 0 Å². The molecule has 3 aromatic carbocycles. The monoisotopic (exact) mass is 373 g/mol. The zero-order valence-corrected chi connectivity index (χ0v) is 15.1. The molecule has 0 spiro atoms. The molecule has 1 aliphatic rings. The van der Waals surface area contributed by atoms with Crippen molar-refractivity contribution in [2.75, 3.05) is 0 Å². The molecule has 0 aliphatic carbocycles. The minimum Gasteiger partial charge on any atom is -0.200 e. The first-order chi connectivity index (χ1) is 13.1. The highest BCUT2D eigenvalue weighted by atomic mass is 32.2. The predicted molar refractivity (Wildman–Crippen MR) is 102 cm³/mol. The third kappa shape index (κ3) is 2.98. The third-order valence-electron chi connectivity index (χ3n) is 4.40. The molecule has 5 nitrogen and oxygen atoms in total. The molecule has 0 saturated heterocycles. The Morgan fingerprint density at radius 1 is 0.889 bits per heavy atom. The van der Waals surface area contributed by atoms with Crippen LogP contribution in [0.4, 0.5) is 0 Å². The van der Waals surface area contributed by atoms with E-state index >= 15 is 0 Å². The normalized spacial score (nSPS) is 14.8. The van der Waals surface area contributed by atoms with Crippen LogP contribution in [0.2, 0.25) is 0 Å². The second-order valence-electron chi connectivity index (χ2n) is 6.07. The van der Waals surface area contributed by atoms with E-state index in [9.17, 15) is 13.7 Å². The van der Waals surface area contributed by atoms with E-state index < -0.39 is 10.0 Å². The maximum Gasteiger partial charge on any atom is 0.280 e. The Morgan fingerprint density at radius 3 is 2.33 bits per heavy atom. The summed E-state index contributed by atoms with van der Waals surface area (Å²) in [6.45, 7) is -0.00324. The van der Waals surface area contributed by atoms with Gasteiger partial charge in [0.05, 0.1) is 23.1 Å². The molecule has 132 valence electrons. The summed E-state index contributed by atoms with van der Waals surface area (Å²) in [5, 5.41) is 13.8. The molecule has 4 rings (SSSR count). The number of rotatable bonds is 3. The van der Waals surface area contributed by atoms with Crippen molar-refractivity contribution in [3.63, 3.8) is 0 Å². The van der Waals surface area contributed by atoms with E-state index in [1.807, 2.05) is 30.3 Å². The third-order valence-corrected chi connectivity index (χ3v) is 6.08. The van der Waals surface area contributed by atoms with Gasteiger partial charge in [0.2, 0.25) is 0 Å². The Hall–Kier alpha value is -3.43. The highest BCUT2D eigenvalue weighted by Gasteiger charge is 2.33. The van der Waals surface area contributed by atoms with Gasteiger partial charge in [-0.1, -0.05) is 66.7 Å². The van der Waals surface area contributed by atoms with Crippen LogP contribution in [-0.4, -0.2) is 18.5 Å². The Kier molecular flexibility index (Phi) is 4.22. The lowest BCUT2D eigenvalue weighted by molar-refractivity contribution is 0.422. The van der Waals surface area contributed by atoms with Gasteiger partial charge >= 0.3 is 0 Å². The molecule has 27 heavy (non-hydrogen) atoms. The number of nitriles is 1. The second kappa shape index (κ2) is 6.71. The van der Waals surface area contributed by atoms with Gasteiger partial charge in [0.15, 0.2) is 0 Å². The number of fused-ring (bicyclic) bond motifs is 1. The second-order valence-corrected chi connectivity index (χ2v) is 7.88. The number of benzene rings is 3. The first-order valence-corrected chi connectivity index (χ1v) is 9.79. The molecule has 6 heteroatoms. The molecule has 0 amide bonds. The molecule has 3 aromatic rings. The van der Waals surface area contributed by atoms with E-state index in [0.717, 1.165) is 9.98 Å². The van der Waals surface area contributed by atoms with E-state index in [4.69, 9.17) is 0 Å². The fraction of sp³-hybridized carbons (Fsp3) is 0.0476. The van der Waals surface area contributed by atoms with Crippen molar-refractivity contribution in [2.45, 2.75) is 11.4 Å². The molecule has 0 N–H and O–H groups in total. The Bertz CT molecular complexity index is 1180. The van der Waals surface area contributed by atoms with Gasteiger partial charge in [-0.2, -0.15) is 23.2 Å². The highest BCUT2D eigenvalue weighted by Crippen LogP contribution is 2.30. The van der Waals surface area contributed by atoms with Crippen LogP contribution in [0.1, 0.15) is 22.3 Å². The lowest BCUT2D eigenvalue weighted by atomic mass is 10.0. The summed E-state index contributed by atoms with van der Waals surface area (Å²) in [6.07, 6.45) is 0. The van der Waals surface area contributed by atoms with Crippen molar-refractivity contribution in [1.82, 2.24) is 4.41 Å². The Balaban J connectivity index is 1.88. The molecule has 1 heterocycles. The molecule has 0 bridgehead atoms. The van der Waals surface area contributed by atoms with Gasteiger partial charge in [-0.15, -0.1) is 0 Å². The maximum absolute atomic E-state index is 13.1. The van der Waals surface area contributed by atoms with Crippen LogP contribution in [0, 0.1) is 11.3 Å². The zero-order valence-electron chi connectivity index (χ0n) is 14.3. The molecular formula is C21H15N3O2S. The topological polar surface area (TPSA) is 73.5 Å². The average molecular weight is 373 g/mol.